The second-order valence-electron chi connectivity index (χ2n) is 14.4. The molecule has 12 rings (SSSR count). The number of hydrogen-bond donors (Lipinski definition) is 0. The van der Waals surface area contributed by atoms with Gasteiger partial charge in [-0.15, -0.1) is 0 Å². The number of nitrogens with zero attached hydrogens (tertiary/aromatic N) is 3. The molecule has 4 heterocycles. The molecule has 0 amide bonds. The predicted molar refractivity (Wildman–Crippen MR) is 226 cm³/mol. The number of benzene rings is 8. The van der Waals surface area contributed by atoms with E-state index in [9.17, 15) is 0 Å². The summed E-state index contributed by atoms with van der Waals surface area (Å²) in [4.78, 5) is 4.10. The van der Waals surface area contributed by atoms with Crippen LogP contribution in [0.4, 0.5) is 5.69 Å². The summed E-state index contributed by atoms with van der Waals surface area (Å²) in [5.74, 6) is 0. The number of rotatable bonds is 3. The molecule has 0 spiro atoms. The molecule has 8 aromatic carbocycles. The molecule has 0 radical (unpaired) electrons. The Bertz CT molecular complexity index is 3620. The Hall–Kier alpha value is -7.55. The van der Waals surface area contributed by atoms with E-state index in [1.165, 1.54) is 10.8 Å². The summed E-state index contributed by atoms with van der Waals surface area (Å²) in [6.45, 7) is 10.5. The lowest BCUT2D eigenvalue weighted by Crippen LogP contribution is -1.98. The molecule has 0 N–H and O–H groups in total. The van der Waals surface area contributed by atoms with Gasteiger partial charge in [0.15, 0.2) is 0 Å². The minimum atomic E-state index is 0.585. The molecule has 5 nitrogen and oxygen atoms in total. The highest BCUT2D eigenvalue weighted by Gasteiger charge is 2.23. The summed E-state index contributed by atoms with van der Waals surface area (Å²) >= 11 is 0. The van der Waals surface area contributed by atoms with Crippen molar-refractivity contribution in [2.45, 2.75) is 6.92 Å². The molecule has 256 valence electrons. The zero-order valence-corrected chi connectivity index (χ0v) is 29.7. The molecule has 5 heteroatoms. The Morgan fingerprint density at radius 2 is 1.16 bits per heavy atom. The van der Waals surface area contributed by atoms with Gasteiger partial charge >= 0.3 is 0 Å². The number of fused-ring (bicyclic) bond motifs is 14. The van der Waals surface area contributed by atoms with Crippen LogP contribution in [0.5, 0.6) is 0 Å². The van der Waals surface area contributed by atoms with Crippen LogP contribution in [0, 0.1) is 13.5 Å². The Balaban J connectivity index is 1.10. The molecular formula is C50H29N3O2. The predicted octanol–water partition coefficient (Wildman–Crippen LogP) is 14.2. The van der Waals surface area contributed by atoms with E-state index >= 15 is 0 Å². The van der Waals surface area contributed by atoms with E-state index < -0.39 is 0 Å². The van der Waals surface area contributed by atoms with Crippen molar-refractivity contribution >= 4 is 93.2 Å². The number of furan rings is 2. The molecular weight excluding hydrogens is 675 g/mol. The van der Waals surface area contributed by atoms with Crippen LogP contribution in [-0.4, -0.2) is 9.13 Å². The summed E-state index contributed by atoms with van der Waals surface area (Å²) in [6.07, 6.45) is 0. The zero-order valence-electron chi connectivity index (χ0n) is 29.7. The quantitative estimate of drug-likeness (QED) is 0.172. The Labute approximate surface area is 314 Å². The number of hydrogen-bond acceptors (Lipinski definition) is 2. The van der Waals surface area contributed by atoms with E-state index in [2.05, 4.69) is 154 Å². The van der Waals surface area contributed by atoms with Crippen molar-refractivity contribution in [2.75, 3.05) is 0 Å². The summed E-state index contributed by atoms with van der Waals surface area (Å²) in [5, 5.41) is 8.94. The highest BCUT2D eigenvalue weighted by Crippen LogP contribution is 2.46. The van der Waals surface area contributed by atoms with Crippen LogP contribution in [0.3, 0.4) is 0 Å². The van der Waals surface area contributed by atoms with Crippen LogP contribution in [0.15, 0.2) is 167 Å². The Morgan fingerprint density at radius 3 is 2.00 bits per heavy atom. The van der Waals surface area contributed by atoms with Gasteiger partial charge in [-0.25, -0.2) is 4.85 Å². The fraction of sp³-hybridized carbons (Fsp3) is 0.0200. The SMILES string of the molecule is [C-]#[N+]c1cccc(-c2ccc(-n3c4ccccc4c4ccc5oc6ccccc6c5c43)cc2)c1-n1c2ccccc2c2c3oc4c(C)cccc4c3ccc21. The molecule has 0 bridgehead atoms. The van der Waals surface area contributed by atoms with Crippen LogP contribution in [-0.2, 0) is 0 Å². The monoisotopic (exact) mass is 703 g/mol. The van der Waals surface area contributed by atoms with Gasteiger partial charge in [0.1, 0.15) is 22.3 Å². The van der Waals surface area contributed by atoms with Gasteiger partial charge in [-0.3, -0.25) is 0 Å². The lowest BCUT2D eigenvalue weighted by molar-refractivity contribution is 0.669. The van der Waals surface area contributed by atoms with Gasteiger partial charge < -0.3 is 18.0 Å². The highest BCUT2D eigenvalue weighted by atomic mass is 16.3. The van der Waals surface area contributed by atoms with Crippen molar-refractivity contribution in [1.29, 1.82) is 0 Å². The molecule has 0 atom stereocenters. The van der Waals surface area contributed by atoms with Crippen molar-refractivity contribution in [1.82, 2.24) is 9.13 Å². The maximum absolute atomic E-state index is 8.36. The minimum Gasteiger partial charge on any atom is -0.456 e. The Morgan fingerprint density at radius 1 is 0.473 bits per heavy atom. The van der Waals surface area contributed by atoms with E-state index in [0.29, 0.717) is 5.69 Å². The standard InChI is InChI=1S/C50H29N3O2/c1-29-11-9-16-35-36-25-27-42-45(50(36)55-49(29)35)37-13-4-7-19-41(37)53(42)47-32(15-10-17-39(47)51-2)30-21-23-31(24-22-30)52-40-18-6-3-12-33(40)34-26-28-44-46(48(34)52)38-14-5-8-20-43(38)54-44/h3-28H,1H3. The number of aromatic nitrogens is 2. The van der Waals surface area contributed by atoms with E-state index in [1.54, 1.807) is 0 Å². The van der Waals surface area contributed by atoms with E-state index in [0.717, 1.165) is 105 Å². The van der Waals surface area contributed by atoms with Crippen molar-refractivity contribution in [3.05, 3.63) is 175 Å². The highest BCUT2D eigenvalue weighted by molar-refractivity contribution is 6.26. The zero-order chi connectivity index (χ0) is 36.4. The molecule has 0 saturated carbocycles. The normalized spacial score (nSPS) is 12.1. The average molecular weight is 704 g/mol. The first-order valence-electron chi connectivity index (χ1n) is 18.5. The largest absolute Gasteiger partial charge is 0.456 e. The Kier molecular flexibility index (Phi) is 5.99. The molecule has 0 unspecified atom stereocenters. The second-order valence-corrected chi connectivity index (χ2v) is 14.4. The molecule has 0 fully saturated rings. The van der Waals surface area contributed by atoms with E-state index in [4.69, 9.17) is 15.4 Å². The van der Waals surface area contributed by atoms with Crippen LogP contribution in [0.1, 0.15) is 5.56 Å². The van der Waals surface area contributed by atoms with Crippen LogP contribution < -0.4 is 0 Å². The summed E-state index contributed by atoms with van der Waals surface area (Å²) < 4.78 is 17.7. The summed E-state index contributed by atoms with van der Waals surface area (Å²) in [5.41, 5.74) is 13.4. The molecule has 0 aliphatic rings. The van der Waals surface area contributed by atoms with E-state index in [1.807, 2.05) is 24.3 Å². The van der Waals surface area contributed by atoms with Gasteiger partial charge in [-0.1, -0.05) is 103 Å². The maximum Gasteiger partial charge on any atom is 0.211 e. The second kappa shape index (κ2) is 11.0. The number of aryl methyl sites for hydroxylation is 1. The summed E-state index contributed by atoms with van der Waals surface area (Å²) in [7, 11) is 0. The average Bonchev–Trinajstić information content (AvgIpc) is 3.98. The third-order valence-corrected chi connectivity index (χ3v) is 11.5. The van der Waals surface area contributed by atoms with Gasteiger partial charge in [0.05, 0.1) is 45.1 Å². The van der Waals surface area contributed by atoms with Crippen molar-refractivity contribution < 1.29 is 8.83 Å². The minimum absolute atomic E-state index is 0.585. The maximum atomic E-state index is 8.36. The third-order valence-electron chi connectivity index (χ3n) is 11.5. The van der Waals surface area contributed by atoms with Crippen LogP contribution >= 0.6 is 0 Å². The molecule has 0 saturated heterocycles. The fourth-order valence-electron chi connectivity index (χ4n) is 9.10. The lowest BCUT2D eigenvalue weighted by atomic mass is 10.0. The third kappa shape index (κ3) is 4.00. The topological polar surface area (TPSA) is 40.5 Å². The molecule has 0 aliphatic heterocycles. The smallest absolute Gasteiger partial charge is 0.211 e. The first-order valence-corrected chi connectivity index (χ1v) is 18.5. The fourth-order valence-corrected chi connectivity index (χ4v) is 9.10. The molecule has 12 aromatic rings. The lowest BCUT2D eigenvalue weighted by Gasteiger charge is -2.17. The van der Waals surface area contributed by atoms with Gasteiger partial charge in [0.25, 0.3) is 0 Å². The number of para-hydroxylation sites is 5. The molecule has 55 heavy (non-hydrogen) atoms. The molecule has 0 aliphatic carbocycles. The van der Waals surface area contributed by atoms with Crippen molar-refractivity contribution in [2.24, 2.45) is 0 Å². The van der Waals surface area contributed by atoms with Crippen LogP contribution in [0.25, 0.3) is 115 Å². The van der Waals surface area contributed by atoms with Gasteiger partial charge in [-0.05, 0) is 78.2 Å². The van der Waals surface area contributed by atoms with Gasteiger partial charge in [0.2, 0.25) is 5.69 Å². The summed E-state index contributed by atoms with van der Waals surface area (Å²) in [6, 6.07) is 55.1. The first-order chi connectivity index (χ1) is 27.2. The van der Waals surface area contributed by atoms with Crippen molar-refractivity contribution in [3.63, 3.8) is 0 Å². The first kappa shape index (κ1) is 30.0. The van der Waals surface area contributed by atoms with Gasteiger partial charge in [0, 0.05) is 38.0 Å². The molecule has 4 aromatic heterocycles. The van der Waals surface area contributed by atoms with Gasteiger partial charge in [-0.2, -0.15) is 0 Å². The van der Waals surface area contributed by atoms with Crippen molar-refractivity contribution in [3.8, 4) is 22.5 Å². The van der Waals surface area contributed by atoms with E-state index in [-0.39, 0.29) is 0 Å². The van der Waals surface area contributed by atoms with Crippen LogP contribution in [0.2, 0.25) is 0 Å².